The first-order chi connectivity index (χ1) is 9.05. The van der Waals surface area contributed by atoms with E-state index in [1.165, 1.54) is 0 Å². The smallest absolute Gasteiger partial charge is 0.308 e. The summed E-state index contributed by atoms with van der Waals surface area (Å²) >= 11 is 3.33. The minimum atomic E-state index is -0.913. The summed E-state index contributed by atoms with van der Waals surface area (Å²) in [6, 6.07) is 3.70. The van der Waals surface area contributed by atoms with Crippen LogP contribution in [-0.2, 0) is 15.1 Å². The van der Waals surface area contributed by atoms with E-state index in [1.807, 2.05) is 19.1 Å². The third-order valence-corrected chi connectivity index (χ3v) is 4.11. The van der Waals surface area contributed by atoms with Crippen molar-refractivity contribution in [3.8, 4) is 0 Å². The highest BCUT2D eigenvalue weighted by atomic mass is 79.9. The molecule has 1 fully saturated rings. The van der Waals surface area contributed by atoms with Gasteiger partial charge in [0.1, 0.15) is 5.60 Å². The normalized spacial score (nSPS) is 27.0. The number of pyridine rings is 1. The first kappa shape index (κ1) is 14.5. The van der Waals surface area contributed by atoms with Gasteiger partial charge in [-0.15, -0.1) is 0 Å². The van der Waals surface area contributed by atoms with E-state index in [0.717, 1.165) is 4.47 Å². The van der Waals surface area contributed by atoms with Gasteiger partial charge in [-0.2, -0.15) is 0 Å². The Morgan fingerprint density at radius 1 is 1.53 bits per heavy atom. The molecule has 1 heterocycles. The Kier molecular flexibility index (Phi) is 4.58. The summed E-state index contributed by atoms with van der Waals surface area (Å²) in [5, 5.41) is 10.6. The highest BCUT2D eigenvalue weighted by Gasteiger charge is 2.38. The predicted octanol–water partition coefficient (Wildman–Crippen LogP) is 2.79. The van der Waals surface area contributed by atoms with Gasteiger partial charge in [0, 0.05) is 10.7 Å². The van der Waals surface area contributed by atoms with Crippen molar-refractivity contribution in [1.29, 1.82) is 0 Å². The standard InChI is InChI=1S/C14H18BrNO3/c1-2-19-13(17)10-5-7-14(18,8-6-10)12-4-3-11(15)9-16-12/h3-4,9-10,18H,2,5-8H2,1H3/t10-,14+. The number of hydrogen-bond acceptors (Lipinski definition) is 4. The third kappa shape index (κ3) is 3.34. The van der Waals surface area contributed by atoms with Gasteiger partial charge >= 0.3 is 5.97 Å². The van der Waals surface area contributed by atoms with Crippen molar-refractivity contribution in [2.75, 3.05) is 6.61 Å². The van der Waals surface area contributed by atoms with E-state index < -0.39 is 5.60 Å². The van der Waals surface area contributed by atoms with Crippen LogP contribution in [0.15, 0.2) is 22.8 Å². The molecule has 1 saturated carbocycles. The molecular formula is C14H18BrNO3. The van der Waals surface area contributed by atoms with Gasteiger partial charge in [0.15, 0.2) is 0 Å². The molecule has 0 amide bonds. The molecule has 0 radical (unpaired) electrons. The van der Waals surface area contributed by atoms with Gasteiger partial charge in [-0.1, -0.05) is 0 Å². The van der Waals surface area contributed by atoms with Crippen molar-refractivity contribution in [3.05, 3.63) is 28.5 Å². The van der Waals surface area contributed by atoms with Gasteiger partial charge in [-0.25, -0.2) is 0 Å². The largest absolute Gasteiger partial charge is 0.466 e. The fraction of sp³-hybridized carbons (Fsp3) is 0.571. The molecule has 1 aliphatic carbocycles. The molecular weight excluding hydrogens is 310 g/mol. The van der Waals surface area contributed by atoms with E-state index >= 15 is 0 Å². The second-order valence-electron chi connectivity index (χ2n) is 4.92. The van der Waals surface area contributed by atoms with E-state index in [-0.39, 0.29) is 11.9 Å². The molecule has 0 aliphatic heterocycles. The van der Waals surface area contributed by atoms with Crippen LogP contribution in [0, 0.1) is 5.92 Å². The van der Waals surface area contributed by atoms with Crippen LogP contribution >= 0.6 is 15.9 Å². The number of nitrogens with zero attached hydrogens (tertiary/aromatic N) is 1. The molecule has 0 aromatic carbocycles. The molecule has 5 heteroatoms. The Morgan fingerprint density at radius 3 is 2.74 bits per heavy atom. The van der Waals surface area contributed by atoms with E-state index in [0.29, 0.717) is 38.0 Å². The zero-order valence-electron chi connectivity index (χ0n) is 10.9. The molecule has 1 aliphatic rings. The summed E-state index contributed by atoms with van der Waals surface area (Å²) in [6.07, 6.45) is 4.07. The van der Waals surface area contributed by atoms with Gasteiger partial charge in [-0.3, -0.25) is 9.78 Å². The van der Waals surface area contributed by atoms with Crippen LogP contribution in [0.2, 0.25) is 0 Å². The second-order valence-corrected chi connectivity index (χ2v) is 5.84. The first-order valence-electron chi connectivity index (χ1n) is 6.56. The summed E-state index contributed by atoms with van der Waals surface area (Å²) < 4.78 is 5.92. The van der Waals surface area contributed by atoms with E-state index in [1.54, 1.807) is 6.20 Å². The fourth-order valence-corrected chi connectivity index (χ4v) is 2.73. The van der Waals surface area contributed by atoms with Crippen LogP contribution in [0.5, 0.6) is 0 Å². The average molecular weight is 328 g/mol. The maximum absolute atomic E-state index is 11.7. The number of carbonyl (C=O) groups is 1. The molecule has 1 N–H and O–H groups in total. The van der Waals surface area contributed by atoms with Crippen LogP contribution < -0.4 is 0 Å². The van der Waals surface area contributed by atoms with Crippen molar-refractivity contribution in [2.24, 2.45) is 5.92 Å². The Balaban J connectivity index is 2.01. The highest BCUT2D eigenvalue weighted by molar-refractivity contribution is 9.10. The maximum atomic E-state index is 11.7. The number of halogens is 1. The monoisotopic (exact) mass is 327 g/mol. The topological polar surface area (TPSA) is 59.4 Å². The van der Waals surface area contributed by atoms with Crippen molar-refractivity contribution >= 4 is 21.9 Å². The van der Waals surface area contributed by atoms with Gasteiger partial charge in [0.2, 0.25) is 0 Å². The van der Waals surface area contributed by atoms with E-state index in [4.69, 9.17) is 4.74 Å². The van der Waals surface area contributed by atoms with Crippen LogP contribution in [0.4, 0.5) is 0 Å². The second kappa shape index (κ2) is 6.01. The molecule has 1 aromatic rings. The van der Waals surface area contributed by atoms with Gasteiger partial charge in [0.25, 0.3) is 0 Å². The Labute approximate surface area is 121 Å². The quantitative estimate of drug-likeness (QED) is 0.867. The Bertz CT molecular complexity index is 439. The van der Waals surface area contributed by atoms with E-state index in [9.17, 15) is 9.90 Å². The number of aliphatic hydroxyl groups is 1. The molecule has 2 rings (SSSR count). The number of ether oxygens (including phenoxy) is 1. The van der Waals surface area contributed by atoms with Crippen molar-refractivity contribution < 1.29 is 14.6 Å². The fourth-order valence-electron chi connectivity index (χ4n) is 2.50. The first-order valence-corrected chi connectivity index (χ1v) is 7.35. The molecule has 0 atom stereocenters. The highest BCUT2D eigenvalue weighted by Crippen LogP contribution is 2.39. The van der Waals surface area contributed by atoms with Gasteiger partial charge in [-0.05, 0) is 60.7 Å². The van der Waals surface area contributed by atoms with Gasteiger partial charge < -0.3 is 9.84 Å². The molecule has 4 nitrogen and oxygen atoms in total. The molecule has 1 aromatic heterocycles. The summed E-state index contributed by atoms with van der Waals surface area (Å²) in [4.78, 5) is 15.9. The summed E-state index contributed by atoms with van der Waals surface area (Å²) in [6.45, 7) is 2.22. The van der Waals surface area contributed by atoms with Crippen LogP contribution in [0.1, 0.15) is 38.3 Å². The zero-order valence-corrected chi connectivity index (χ0v) is 12.5. The molecule has 0 saturated heterocycles. The zero-order chi connectivity index (χ0) is 13.9. The average Bonchev–Trinajstić information content (AvgIpc) is 2.40. The molecule has 0 unspecified atom stereocenters. The van der Waals surface area contributed by atoms with E-state index in [2.05, 4.69) is 20.9 Å². The summed E-state index contributed by atoms with van der Waals surface area (Å²) in [5.41, 5.74) is -0.234. The third-order valence-electron chi connectivity index (χ3n) is 3.64. The maximum Gasteiger partial charge on any atom is 0.308 e. The molecule has 104 valence electrons. The number of esters is 1. The number of carbonyl (C=O) groups excluding carboxylic acids is 1. The summed E-state index contributed by atoms with van der Waals surface area (Å²) in [5.74, 6) is -0.232. The van der Waals surface area contributed by atoms with Crippen molar-refractivity contribution in [3.63, 3.8) is 0 Å². The SMILES string of the molecule is CCOC(=O)[C@H]1CC[C@](O)(c2ccc(Br)cn2)CC1. The minimum Gasteiger partial charge on any atom is -0.466 e. The lowest BCUT2D eigenvalue weighted by Gasteiger charge is -2.34. The van der Waals surface area contributed by atoms with Crippen LogP contribution in [0.3, 0.4) is 0 Å². The lowest BCUT2D eigenvalue weighted by molar-refractivity contribution is -0.151. The number of hydrogen-bond donors (Lipinski definition) is 1. The Morgan fingerprint density at radius 2 is 2.21 bits per heavy atom. The molecule has 0 spiro atoms. The minimum absolute atomic E-state index is 0.0873. The van der Waals surface area contributed by atoms with Crippen LogP contribution in [0.25, 0.3) is 0 Å². The Hall–Kier alpha value is -0.940. The number of aromatic nitrogens is 1. The van der Waals surface area contributed by atoms with Crippen LogP contribution in [-0.4, -0.2) is 22.7 Å². The number of rotatable bonds is 3. The van der Waals surface area contributed by atoms with Gasteiger partial charge in [0.05, 0.1) is 18.2 Å². The van der Waals surface area contributed by atoms with Crippen molar-refractivity contribution in [2.45, 2.75) is 38.2 Å². The van der Waals surface area contributed by atoms with Crippen molar-refractivity contribution in [1.82, 2.24) is 4.98 Å². The lowest BCUT2D eigenvalue weighted by atomic mass is 9.77. The molecule has 19 heavy (non-hydrogen) atoms. The summed E-state index contributed by atoms with van der Waals surface area (Å²) in [7, 11) is 0. The lowest BCUT2D eigenvalue weighted by Crippen LogP contribution is -2.35. The predicted molar refractivity (Wildman–Crippen MR) is 74.4 cm³/mol. The molecule has 0 bridgehead atoms.